The molecule has 0 aliphatic carbocycles. The maximum Gasteiger partial charge on any atom is 0.294 e. The van der Waals surface area contributed by atoms with Gasteiger partial charge < -0.3 is 9.88 Å². The van der Waals surface area contributed by atoms with E-state index in [1.165, 1.54) is 35.3 Å². The van der Waals surface area contributed by atoms with Crippen LogP contribution in [0.15, 0.2) is 55.1 Å². The molecule has 3 aromatic rings. The number of rotatable bonds is 4. The van der Waals surface area contributed by atoms with Crippen LogP contribution in [0, 0.1) is 17.0 Å². The SMILES string of the molecule is Cc1cc(Cl)ccc1NC(=O)c1ccc(-n2ccnc2)c([N+](=O)[O-])c1. The van der Waals surface area contributed by atoms with Gasteiger partial charge in [0, 0.05) is 34.7 Å². The number of nitro benzene ring substituents is 1. The van der Waals surface area contributed by atoms with Crippen molar-refractivity contribution in [3.63, 3.8) is 0 Å². The summed E-state index contributed by atoms with van der Waals surface area (Å²) in [4.78, 5) is 27.2. The van der Waals surface area contributed by atoms with Crippen molar-refractivity contribution < 1.29 is 9.72 Å². The van der Waals surface area contributed by atoms with E-state index in [0.717, 1.165) is 5.56 Å². The Morgan fingerprint density at radius 3 is 2.72 bits per heavy atom. The minimum atomic E-state index is -0.528. The van der Waals surface area contributed by atoms with Crippen LogP contribution in [0.3, 0.4) is 0 Å². The molecule has 2 aromatic carbocycles. The first-order valence-electron chi connectivity index (χ1n) is 7.30. The van der Waals surface area contributed by atoms with Crippen LogP contribution in [-0.2, 0) is 0 Å². The van der Waals surface area contributed by atoms with Gasteiger partial charge in [0.2, 0.25) is 0 Å². The largest absolute Gasteiger partial charge is 0.322 e. The molecule has 0 radical (unpaired) electrons. The number of imidazole rings is 1. The van der Waals surface area contributed by atoms with Crippen molar-refractivity contribution in [3.8, 4) is 5.69 Å². The zero-order valence-electron chi connectivity index (χ0n) is 13.1. The number of hydrogen-bond donors (Lipinski definition) is 1. The average Bonchev–Trinajstić information content (AvgIpc) is 3.11. The topological polar surface area (TPSA) is 90.1 Å². The number of carbonyl (C=O) groups is 1. The molecule has 3 rings (SSSR count). The van der Waals surface area contributed by atoms with Crippen molar-refractivity contribution in [2.75, 3.05) is 5.32 Å². The van der Waals surface area contributed by atoms with Crippen LogP contribution < -0.4 is 5.32 Å². The van der Waals surface area contributed by atoms with Gasteiger partial charge in [0.05, 0.1) is 11.3 Å². The van der Waals surface area contributed by atoms with Crippen molar-refractivity contribution in [3.05, 3.63) is 81.4 Å². The summed E-state index contributed by atoms with van der Waals surface area (Å²) in [6.07, 6.45) is 4.58. The number of carbonyl (C=O) groups excluding carboxylic acids is 1. The third-order valence-electron chi connectivity index (χ3n) is 3.65. The Kier molecular flexibility index (Phi) is 4.49. The Morgan fingerprint density at radius 2 is 2.08 bits per heavy atom. The first-order chi connectivity index (χ1) is 12.0. The monoisotopic (exact) mass is 356 g/mol. The number of aromatic nitrogens is 2. The average molecular weight is 357 g/mol. The quantitative estimate of drug-likeness (QED) is 0.565. The molecule has 0 aliphatic rings. The fourth-order valence-electron chi connectivity index (χ4n) is 2.39. The Morgan fingerprint density at radius 1 is 1.28 bits per heavy atom. The van der Waals surface area contributed by atoms with Gasteiger partial charge in [0.15, 0.2) is 0 Å². The summed E-state index contributed by atoms with van der Waals surface area (Å²) >= 11 is 5.90. The van der Waals surface area contributed by atoms with E-state index >= 15 is 0 Å². The number of hydrogen-bond acceptors (Lipinski definition) is 4. The predicted octanol–water partition coefficient (Wildman–Crippen LogP) is 3.99. The molecule has 25 heavy (non-hydrogen) atoms. The summed E-state index contributed by atoms with van der Waals surface area (Å²) in [6, 6.07) is 9.36. The maximum absolute atomic E-state index is 12.4. The second-order valence-corrected chi connectivity index (χ2v) is 5.78. The molecule has 0 unspecified atom stereocenters. The predicted molar refractivity (Wildman–Crippen MR) is 94.4 cm³/mol. The van der Waals surface area contributed by atoms with Gasteiger partial charge in [-0.2, -0.15) is 0 Å². The van der Waals surface area contributed by atoms with Gasteiger partial charge in [-0.15, -0.1) is 0 Å². The molecule has 126 valence electrons. The number of benzene rings is 2. The molecule has 8 heteroatoms. The molecule has 1 amide bonds. The molecule has 0 fully saturated rings. The molecule has 0 atom stereocenters. The van der Waals surface area contributed by atoms with Gasteiger partial charge in [-0.3, -0.25) is 14.9 Å². The Hall–Kier alpha value is -3.19. The van der Waals surface area contributed by atoms with E-state index in [-0.39, 0.29) is 11.3 Å². The van der Waals surface area contributed by atoms with Crippen molar-refractivity contribution in [2.45, 2.75) is 6.92 Å². The van der Waals surface area contributed by atoms with Crippen LogP contribution >= 0.6 is 11.6 Å². The molecule has 0 aliphatic heterocycles. The molecule has 0 spiro atoms. The Balaban J connectivity index is 1.93. The molecule has 0 bridgehead atoms. The maximum atomic E-state index is 12.4. The first-order valence-corrected chi connectivity index (χ1v) is 7.68. The summed E-state index contributed by atoms with van der Waals surface area (Å²) in [5.74, 6) is -0.439. The van der Waals surface area contributed by atoms with Gasteiger partial charge in [-0.05, 0) is 42.8 Å². The summed E-state index contributed by atoms with van der Waals surface area (Å²) in [5.41, 5.74) is 1.73. The number of aryl methyl sites for hydroxylation is 1. The van der Waals surface area contributed by atoms with Crippen molar-refractivity contribution in [2.24, 2.45) is 0 Å². The standard InChI is InChI=1S/C17H13ClN4O3/c1-11-8-13(18)3-4-14(11)20-17(23)12-2-5-15(16(9-12)22(24)25)21-7-6-19-10-21/h2-10H,1H3,(H,20,23). The number of amides is 1. The highest BCUT2D eigenvalue weighted by Crippen LogP contribution is 2.25. The lowest BCUT2D eigenvalue weighted by Gasteiger charge is -2.10. The van der Waals surface area contributed by atoms with Gasteiger partial charge in [0.25, 0.3) is 11.6 Å². The second kappa shape index (κ2) is 6.74. The normalized spacial score (nSPS) is 10.5. The van der Waals surface area contributed by atoms with Crippen LogP contribution in [0.2, 0.25) is 5.02 Å². The first kappa shape index (κ1) is 16.7. The molecule has 7 nitrogen and oxygen atoms in total. The minimum Gasteiger partial charge on any atom is -0.322 e. The van der Waals surface area contributed by atoms with Crippen LogP contribution in [0.5, 0.6) is 0 Å². The number of halogens is 1. The van der Waals surface area contributed by atoms with Gasteiger partial charge in [-0.25, -0.2) is 4.98 Å². The third-order valence-corrected chi connectivity index (χ3v) is 3.89. The molecule has 0 saturated heterocycles. The number of nitrogens with zero attached hydrogens (tertiary/aromatic N) is 3. The Bertz CT molecular complexity index is 955. The van der Waals surface area contributed by atoms with E-state index in [4.69, 9.17) is 11.6 Å². The zero-order chi connectivity index (χ0) is 18.0. The van der Waals surface area contributed by atoms with E-state index in [1.54, 1.807) is 24.4 Å². The minimum absolute atomic E-state index is 0.182. The van der Waals surface area contributed by atoms with Crippen LogP contribution in [-0.4, -0.2) is 20.4 Å². The lowest BCUT2D eigenvalue weighted by atomic mass is 10.1. The summed E-state index contributed by atoms with van der Waals surface area (Å²) in [5, 5.41) is 14.7. The van der Waals surface area contributed by atoms with E-state index in [2.05, 4.69) is 10.3 Å². The van der Waals surface area contributed by atoms with E-state index in [1.807, 2.05) is 6.92 Å². The van der Waals surface area contributed by atoms with Crippen LogP contribution in [0.1, 0.15) is 15.9 Å². The van der Waals surface area contributed by atoms with Crippen molar-refractivity contribution in [1.82, 2.24) is 9.55 Å². The fraction of sp³-hybridized carbons (Fsp3) is 0.0588. The highest BCUT2D eigenvalue weighted by molar-refractivity contribution is 6.30. The Labute approximate surface area is 148 Å². The molecular weight excluding hydrogens is 344 g/mol. The number of anilines is 1. The van der Waals surface area contributed by atoms with Crippen molar-refractivity contribution in [1.29, 1.82) is 0 Å². The smallest absolute Gasteiger partial charge is 0.294 e. The van der Waals surface area contributed by atoms with Crippen LogP contribution in [0.25, 0.3) is 5.69 Å². The molecule has 1 N–H and O–H groups in total. The lowest BCUT2D eigenvalue weighted by Crippen LogP contribution is -2.13. The van der Waals surface area contributed by atoms with Gasteiger partial charge >= 0.3 is 0 Å². The van der Waals surface area contributed by atoms with Crippen LogP contribution in [0.4, 0.5) is 11.4 Å². The summed E-state index contributed by atoms with van der Waals surface area (Å²) < 4.78 is 1.52. The number of nitro groups is 1. The highest BCUT2D eigenvalue weighted by Gasteiger charge is 2.19. The summed E-state index contributed by atoms with van der Waals surface area (Å²) in [6.45, 7) is 1.81. The molecule has 1 aromatic heterocycles. The van der Waals surface area contributed by atoms with Crippen molar-refractivity contribution >= 4 is 28.9 Å². The summed E-state index contributed by atoms with van der Waals surface area (Å²) in [7, 11) is 0. The molecule has 1 heterocycles. The van der Waals surface area contributed by atoms with Gasteiger partial charge in [0.1, 0.15) is 5.69 Å². The van der Waals surface area contributed by atoms with Gasteiger partial charge in [-0.1, -0.05) is 11.6 Å². The highest BCUT2D eigenvalue weighted by atomic mass is 35.5. The number of nitrogens with one attached hydrogen (secondary N) is 1. The van der Waals surface area contributed by atoms with E-state index in [0.29, 0.717) is 16.4 Å². The van der Waals surface area contributed by atoms with E-state index < -0.39 is 10.8 Å². The zero-order valence-corrected chi connectivity index (χ0v) is 13.9. The molecular formula is C17H13ClN4O3. The fourth-order valence-corrected chi connectivity index (χ4v) is 2.62. The third kappa shape index (κ3) is 3.51. The molecule has 0 saturated carbocycles. The second-order valence-electron chi connectivity index (χ2n) is 5.34. The lowest BCUT2D eigenvalue weighted by molar-refractivity contribution is -0.384. The van der Waals surface area contributed by atoms with E-state index in [9.17, 15) is 14.9 Å².